The Kier molecular flexibility index (Phi) is 5.43. The number of urea groups is 1. The van der Waals surface area contributed by atoms with Crippen LogP contribution in [0.25, 0.3) is 0 Å². The van der Waals surface area contributed by atoms with E-state index in [2.05, 4.69) is 15.6 Å². The summed E-state index contributed by atoms with van der Waals surface area (Å²) in [4.78, 5) is 17.0. The van der Waals surface area contributed by atoms with E-state index in [0.29, 0.717) is 6.54 Å². The van der Waals surface area contributed by atoms with Gasteiger partial charge in [0, 0.05) is 28.2 Å². The van der Waals surface area contributed by atoms with Crippen LogP contribution in [-0.4, -0.2) is 17.6 Å². The number of carbonyl (C=O) groups is 1. The van der Waals surface area contributed by atoms with Crippen LogP contribution in [0.15, 0.2) is 38.9 Å². The Balaban J connectivity index is 1.91. The molecular weight excluding hydrogens is 290 g/mol. The van der Waals surface area contributed by atoms with Gasteiger partial charge in [-0.3, -0.25) is 0 Å². The Morgan fingerprint density at radius 2 is 2.10 bits per heavy atom. The average molecular weight is 307 g/mol. The molecule has 0 radical (unpaired) electrons. The summed E-state index contributed by atoms with van der Waals surface area (Å²) < 4.78 is 1.03. The summed E-state index contributed by atoms with van der Waals surface area (Å²) in [6.07, 6.45) is 0.927. The first-order valence-electron chi connectivity index (χ1n) is 6.42. The van der Waals surface area contributed by atoms with Crippen molar-refractivity contribution >= 4 is 34.8 Å². The van der Waals surface area contributed by atoms with Crippen LogP contribution in [-0.2, 0) is 0 Å². The van der Waals surface area contributed by atoms with E-state index < -0.39 is 0 Å². The van der Waals surface area contributed by atoms with Crippen molar-refractivity contribution in [1.82, 2.24) is 10.3 Å². The number of rotatable bonds is 5. The normalized spacial score (nSPS) is 10.3. The number of aromatic nitrogens is 1. The molecule has 0 fully saturated rings. The zero-order valence-electron chi connectivity index (χ0n) is 11.5. The first-order valence-corrected chi connectivity index (χ1v) is 8.12. The fourth-order valence-corrected chi connectivity index (χ4v) is 3.31. The molecule has 1 heterocycles. The van der Waals surface area contributed by atoms with Gasteiger partial charge in [0.25, 0.3) is 0 Å². The van der Waals surface area contributed by atoms with Gasteiger partial charge in [-0.1, -0.05) is 18.7 Å². The lowest BCUT2D eigenvalue weighted by atomic mass is 10.3. The van der Waals surface area contributed by atoms with Gasteiger partial charge in [0.15, 0.2) is 4.34 Å². The second-order valence-corrected chi connectivity index (χ2v) is 6.44. The number of aryl methyl sites for hydroxylation is 1. The van der Waals surface area contributed by atoms with Crippen molar-refractivity contribution in [2.75, 3.05) is 11.9 Å². The average Bonchev–Trinajstić information content (AvgIpc) is 2.84. The van der Waals surface area contributed by atoms with Crippen LogP contribution in [0.5, 0.6) is 0 Å². The van der Waals surface area contributed by atoms with Crippen LogP contribution in [0.1, 0.15) is 19.0 Å². The van der Waals surface area contributed by atoms with E-state index in [-0.39, 0.29) is 6.03 Å². The number of thiazole rings is 1. The lowest BCUT2D eigenvalue weighted by Gasteiger charge is -2.07. The summed E-state index contributed by atoms with van der Waals surface area (Å²) in [5.74, 6) is 0. The van der Waals surface area contributed by atoms with Gasteiger partial charge in [-0.15, -0.1) is 11.3 Å². The molecular formula is C14H17N3OS2. The first-order chi connectivity index (χ1) is 9.67. The second-order valence-electron chi connectivity index (χ2n) is 4.26. The summed E-state index contributed by atoms with van der Waals surface area (Å²) in [7, 11) is 0. The zero-order valence-corrected chi connectivity index (χ0v) is 13.1. The summed E-state index contributed by atoms with van der Waals surface area (Å²) in [6.45, 7) is 4.69. The first kappa shape index (κ1) is 14.9. The van der Waals surface area contributed by atoms with Crippen LogP contribution in [0.4, 0.5) is 10.5 Å². The van der Waals surface area contributed by atoms with Crippen molar-refractivity contribution < 1.29 is 4.79 Å². The molecule has 2 aromatic rings. The highest BCUT2D eigenvalue weighted by atomic mass is 32.2. The van der Waals surface area contributed by atoms with Gasteiger partial charge < -0.3 is 10.6 Å². The van der Waals surface area contributed by atoms with Crippen molar-refractivity contribution in [3.63, 3.8) is 0 Å². The molecule has 0 saturated carbocycles. The van der Waals surface area contributed by atoms with Gasteiger partial charge in [0.1, 0.15) is 0 Å². The van der Waals surface area contributed by atoms with Gasteiger partial charge >= 0.3 is 6.03 Å². The predicted molar refractivity (Wildman–Crippen MR) is 84.7 cm³/mol. The number of hydrogen-bond acceptors (Lipinski definition) is 4. The van der Waals surface area contributed by atoms with E-state index in [0.717, 1.165) is 27.0 Å². The Labute approximate surface area is 127 Å². The Morgan fingerprint density at radius 1 is 1.35 bits per heavy atom. The Morgan fingerprint density at radius 3 is 2.70 bits per heavy atom. The number of anilines is 1. The van der Waals surface area contributed by atoms with Gasteiger partial charge in [-0.05, 0) is 37.6 Å². The van der Waals surface area contributed by atoms with E-state index in [4.69, 9.17) is 0 Å². The molecule has 0 aliphatic rings. The Hall–Kier alpha value is -1.53. The molecule has 0 atom stereocenters. The summed E-state index contributed by atoms with van der Waals surface area (Å²) >= 11 is 3.27. The Bertz CT molecular complexity index is 566. The van der Waals surface area contributed by atoms with E-state index in [9.17, 15) is 4.79 Å². The number of hydrogen-bond donors (Lipinski definition) is 2. The highest BCUT2D eigenvalue weighted by Crippen LogP contribution is 2.30. The van der Waals surface area contributed by atoms with Crippen molar-refractivity contribution in [3.05, 3.63) is 35.3 Å². The van der Waals surface area contributed by atoms with Crippen molar-refractivity contribution in [2.24, 2.45) is 0 Å². The van der Waals surface area contributed by atoms with Crippen molar-refractivity contribution in [3.8, 4) is 0 Å². The zero-order chi connectivity index (χ0) is 14.4. The molecule has 0 aliphatic carbocycles. The highest BCUT2D eigenvalue weighted by molar-refractivity contribution is 8.01. The summed E-state index contributed by atoms with van der Waals surface area (Å²) in [6, 6.07) is 7.60. The molecule has 106 valence electrons. The largest absolute Gasteiger partial charge is 0.338 e. The number of amides is 2. The monoisotopic (exact) mass is 307 g/mol. The fourth-order valence-electron chi connectivity index (χ4n) is 1.50. The number of benzene rings is 1. The molecule has 2 N–H and O–H groups in total. The maximum atomic E-state index is 11.5. The lowest BCUT2D eigenvalue weighted by molar-refractivity contribution is 0.252. The quantitative estimate of drug-likeness (QED) is 0.873. The minimum absolute atomic E-state index is 0.164. The maximum absolute atomic E-state index is 11.5. The number of carbonyl (C=O) groups excluding carboxylic acids is 1. The van der Waals surface area contributed by atoms with Crippen LogP contribution in [0, 0.1) is 6.92 Å². The fraction of sp³-hybridized carbons (Fsp3) is 0.286. The van der Waals surface area contributed by atoms with Crippen LogP contribution in [0.3, 0.4) is 0 Å². The molecule has 0 spiro atoms. The van der Waals surface area contributed by atoms with Gasteiger partial charge in [-0.2, -0.15) is 0 Å². The SMILES string of the molecule is CCCNC(=O)Nc1ccc(Sc2nc(C)cs2)cc1. The van der Waals surface area contributed by atoms with Crippen LogP contribution < -0.4 is 10.6 Å². The smallest absolute Gasteiger partial charge is 0.319 e. The number of nitrogens with one attached hydrogen (secondary N) is 2. The molecule has 2 amide bonds. The third-order valence-corrected chi connectivity index (χ3v) is 4.52. The summed E-state index contributed by atoms with van der Waals surface area (Å²) in [5, 5.41) is 7.61. The van der Waals surface area contributed by atoms with Gasteiger partial charge in [0.2, 0.25) is 0 Å². The molecule has 1 aromatic heterocycles. The molecule has 2 rings (SSSR count). The van der Waals surface area contributed by atoms with E-state index in [1.807, 2.05) is 43.5 Å². The van der Waals surface area contributed by atoms with Crippen LogP contribution >= 0.6 is 23.1 Å². The number of nitrogens with zero attached hydrogens (tertiary/aromatic N) is 1. The molecule has 1 aromatic carbocycles. The topological polar surface area (TPSA) is 54.0 Å². The lowest BCUT2D eigenvalue weighted by Crippen LogP contribution is -2.29. The molecule has 0 saturated heterocycles. The van der Waals surface area contributed by atoms with Gasteiger partial charge in [0.05, 0.1) is 0 Å². The third-order valence-electron chi connectivity index (χ3n) is 2.45. The predicted octanol–water partition coefficient (Wildman–Crippen LogP) is 4.13. The van der Waals surface area contributed by atoms with Crippen molar-refractivity contribution in [2.45, 2.75) is 29.5 Å². The van der Waals surface area contributed by atoms with Crippen LogP contribution in [0.2, 0.25) is 0 Å². The van der Waals surface area contributed by atoms with Crippen molar-refractivity contribution in [1.29, 1.82) is 0 Å². The third kappa shape index (κ3) is 4.54. The molecule has 6 heteroatoms. The maximum Gasteiger partial charge on any atom is 0.319 e. The molecule has 0 aliphatic heterocycles. The molecule has 0 unspecified atom stereocenters. The highest BCUT2D eigenvalue weighted by Gasteiger charge is 2.03. The standard InChI is InChI=1S/C14H17N3OS2/c1-3-8-15-13(18)17-11-4-6-12(7-5-11)20-14-16-10(2)9-19-14/h4-7,9H,3,8H2,1-2H3,(H2,15,17,18). The minimum atomic E-state index is -0.164. The molecule has 0 bridgehead atoms. The second kappa shape index (κ2) is 7.31. The minimum Gasteiger partial charge on any atom is -0.338 e. The molecule has 20 heavy (non-hydrogen) atoms. The van der Waals surface area contributed by atoms with E-state index in [1.54, 1.807) is 23.1 Å². The van der Waals surface area contributed by atoms with E-state index >= 15 is 0 Å². The summed E-state index contributed by atoms with van der Waals surface area (Å²) in [5.41, 5.74) is 1.83. The van der Waals surface area contributed by atoms with E-state index in [1.165, 1.54) is 0 Å². The molecule has 4 nitrogen and oxygen atoms in total. The van der Waals surface area contributed by atoms with Gasteiger partial charge in [-0.25, -0.2) is 9.78 Å².